The van der Waals surface area contributed by atoms with Gasteiger partial charge in [-0.1, -0.05) is 59.6 Å². The van der Waals surface area contributed by atoms with Crippen LogP contribution in [0.25, 0.3) is 17.2 Å². The summed E-state index contributed by atoms with van der Waals surface area (Å²) in [6, 6.07) is 16.2. The average molecular weight is 501 g/mol. The highest BCUT2D eigenvalue weighted by atomic mass is 35.5. The number of carbonyl (C=O) groups excluding carboxylic acids is 1. The van der Waals surface area contributed by atoms with Crippen molar-refractivity contribution in [3.8, 4) is 11.1 Å². The number of rotatable bonds is 4. The van der Waals surface area contributed by atoms with Crippen molar-refractivity contribution in [2.75, 3.05) is 13.3 Å². The molecule has 0 radical (unpaired) electrons. The minimum Gasteiger partial charge on any atom is -0.473 e. The van der Waals surface area contributed by atoms with Gasteiger partial charge in [0.25, 0.3) is 5.91 Å². The number of halogens is 4. The molecule has 0 N–H and O–H groups in total. The molecule has 1 unspecified atom stereocenters. The third-order valence-electron chi connectivity index (χ3n) is 5.45. The van der Waals surface area contributed by atoms with Crippen LogP contribution in [0.1, 0.15) is 11.1 Å². The molecule has 9 heteroatoms. The number of hydrogen-bond donors (Lipinski definition) is 0. The summed E-state index contributed by atoms with van der Waals surface area (Å²) in [6.07, 6.45) is 0.869. The molecular weight excluding hydrogens is 485 g/mol. The van der Waals surface area contributed by atoms with E-state index in [9.17, 15) is 13.6 Å². The van der Waals surface area contributed by atoms with Gasteiger partial charge in [0.2, 0.25) is 5.90 Å². The van der Waals surface area contributed by atoms with Crippen LogP contribution in [-0.4, -0.2) is 36.2 Å². The Bertz CT molecular complexity index is 1320. The van der Waals surface area contributed by atoms with Crippen LogP contribution in [0.2, 0.25) is 10.0 Å². The van der Waals surface area contributed by atoms with E-state index in [0.29, 0.717) is 10.0 Å². The SMILES string of the molecule is O=C1C(=Cc2ccc(-c3ccc(Cl)cc3Cl)cc2)OCN1C1COC(c2c(F)cccc2F)=N1. The lowest BCUT2D eigenvalue weighted by molar-refractivity contribution is -0.126. The molecule has 172 valence electrons. The van der Waals surface area contributed by atoms with Gasteiger partial charge in [0, 0.05) is 15.6 Å². The van der Waals surface area contributed by atoms with E-state index in [1.54, 1.807) is 18.2 Å². The van der Waals surface area contributed by atoms with E-state index in [1.807, 2.05) is 30.3 Å². The molecule has 0 saturated carbocycles. The summed E-state index contributed by atoms with van der Waals surface area (Å²) in [6.45, 7) is -0.0737. The van der Waals surface area contributed by atoms with Crippen LogP contribution >= 0.6 is 23.2 Å². The minimum absolute atomic E-state index is 0.0258. The Morgan fingerprint density at radius 1 is 1.00 bits per heavy atom. The Morgan fingerprint density at radius 3 is 2.44 bits per heavy atom. The van der Waals surface area contributed by atoms with Crippen molar-refractivity contribution in [1.82, 2.24) is 4.90 Å². The van der Waals surface area contributed by atoms with Crippen LogP contribution in [-0.2, 0) is 14.3 Å². The number of benzene rings is 3. The second-order valence-electron chi connectivity index (χ2n) is 7.63. The van der Waals surface area contributed by atoms with Gasteiger partial charge < -0.3 is 9.47 Å². The van der Waals surface area contributed by atoms with Crippen molar-refractivity contribution in [2.24, 2.45) is 4.99 Å². The van der Waals surface area contributed by atoms with Crippen molar-refractivity contribution >= 4 is 41.1 Å². The zero-order valence-electron chi connectivity index (χ0n) is 17.5. The molecule has 0 aliphatic carbocycles. The summed E-state index contributed by atoms with van der Waals surface area (Å²) in [5, 5.41) is 1.09. The fourth-order valence-electron chi connectivity index (χ4n) is 3.72. The summed E-state index contributed by atoms with van der Waals surface area (Å²) >= 11 is 12.2. The number of amides is 1. The van der Waals surface area contributed by atoms with Crippen LogP contribution in [0.4, 0.5) is 8.78 Å². The van der Waals surface area contributed by atoms with E-state index in [2.05, 4.69) is 4.99 Å². The lowest BCUT2D eigenvalue weighted by Gasteiger charge is -2.15. The summed E-state index contributed by atoms with van der Waals surface area (Å²) in [4.78, 5) is 18.4. The Hall–Kier alpha value is -3.42. The predicted octanol–water partition coefficient (Wildman–Crippen LogP) is 5.90. The molecule has 1 amide bonds. The van der Waals surface area contributed by atoms with Crippen molar-refractivity contribution in [3.63, 3.8) is 0 Å². The number of ether oxygens (including phenoxy) is 2. The lowest BCUT2D eigenvalue weighted by Crippen LogP contribution is -2.36. The first-order valence-electron chi connectivity index (χ1n) is 10.3. The van der Waals surface area contributed by atoms with E-state index in [-0.39, 0.29) is 30.6 Å². The van der Waals surface area contributed by atoms with Gasteiger partial charge in [0.05, 0.1) is 0 Å². The highest BCUT2D eigenvalue weighted by Gasteiger charge is 2.37. The molecule has 1 fully saturated rings. The smallest absolute Gasteiger partial charge is 0.293 e. The van der Waals surface area contributed by atoms with E-state index >= 15 is 0 Å². The predicted molar refractivity (Wildman–Crippen MR) is 125 cm³/mol. The van der Waals surface area contributed by atoms with Gasteiger partial charge in [-0.3, -0.25) is 9.69 Å². The van der Waals surface area contributed by atoms with Crippen LogP contribution in [0.3, 0.4) is 0 Å². The Morgan fingerprint density at radius 2 is 1.74 bits per heavy atom. The molecule has 0 spiro atoms. The number of aliphatic imine (C=N–C) groups is 1. The number of nitrogens with zero attached hydrogens (tertiary/aromatic N) is 2. The first-order chi connectivity index (χ1) is 16.4. The third kappa shape index (κ3) is 4.24. The van der Waals surface area contributed by atoms with E-state index < -0.39 is 23.7 Å². The van der Waals surface area contributed by atoms with Crippen LogP contribution < -0.4 is 0 Å². The molecule has 3 aromatic rings. The van der Waals surface area contributed by atoms with Crippen LogP contribution in [0.5, 0.6) is 0 Å². The van der Waals surface area contributed by atoms with Gasteiger partial charge in [0.1, 0.15) is 23.8 Å². The molecular formula is C25H16Cl2F2N2O3. The van der Waals surface area contributed by atoms with Crippen molar-refractivity contribution < 1.29 is 23.0 Å². The van der Waals surface area contributed by atoms with Crippen molar-refractivity contribution in [1.29, 1.82) is 0 Å². The second kappa shape index (κ2) is 9.08. The van der Waals surface area contributed by atoms with Crippen molar-refractivity contribution in [2.45, 2.75) is 6.17 Å². The van der Waals surface area contributed by atoms with Gasteiger partial charge in [-0.2, -0.15) is 0 Å². The molecule has 34 heavy (non-hydrogen) atoms. The van der Waals surface area contributed by atoms with Gasteiger partial charge in [-0.05, 0) is 41.5 Å². The van der Waals surface area contributed by atoms with Crippen LogP contribution in [0.15, 0.2) is 71.4 Å². The topological polar surface area (TPSA) is 51.1 Å². The first-order valence-corrected chi connectivity index (χ1v) is 11.0. The van der Waals surface area contributed by atoms with Gasteiger partial charge in [-0.25, -0.2) is 13.8 Å². The van der Waals surface area contributed by atoms with E-state index in [0.717, 1.165) is 28.8 Å². The molecule has 0 bridgehead atoms. The summed E-state index contributed by atoms with van der Waals surface area (Å²) in [5.41, 5.74) is 2.13. The van der Waals surface area contributed by atoms with Gasteiger partial charge in [0.15, 0.2) is 18.7 Å². The normalized spacial score (nSPS) is 18.8. The van der Waals surface area contributed by atoms with E-state index in [4.69, 9.17) is 32.7 Å². The van der Waals surface area contributed by atoms with Crippen molar-refractivity contribution in [3.05, 3.63) is 99.2 Å². The van der Waals surface area contributed by atoms with E-state index in [1.165, 1.54) is 11.0 Å². The fourth-order valence-corrected chi connectivity index (χ4v) is 4.24. The average Bonchev–Trinajstić information content (AvgIpc) is 3.42. The highest BCUT2D eigenvalue weighted by molar-refractivity contribution is 6.36. The summed E-state index contributed by atoms with van der Waals surface area (Å²) < 4.78 is 39.0. The summed E-state index contributed by atoms with van der Waals surface area (Å²) in [7, 11) is 0. The zero-order chi connectivity index (χ0) is 23.8. The van der Waals surface area contributed by atoms with Gasteiger partial charge >= 0.3 is 0 Å². The molecule has 1 atom stereocenters. The maximum absolute atomic E-state index is 14.0. The first kappa shape index (κ1) is 22.4. The molecule has 2 heterocycles. The molecule has 5 rings (SSSR count). The number of carbonyl (C=O) groups is 1. The standard InChI is InChI=1S/C25H16Cl2F2N2O3/c26-16-8-9-17(18(27)11-16)15-6-4-14(5-7-15)10-21-25(32)31(13-34-21)22-12-33-24(30-22)23-19(28)2-1-3-20(23)29/h1-11,22H,12-13H2. The zero-order valence-corrected chi connectivity index (χ0v) is 19.0. The monoisotopic (exact) mass is 500 g/mol. The number of hydrogen-bond acceptors (Lipinski definition) is 4. The largest absolute Gasteiger partial charge is 0.473 e. The highest BCUT2D eigenvalue weighted by Crippen LogP contribution is 2.31. The Kier molecular flexibility index (Phi) is 5.98. The van der Waals surface area contributed by atoms with Crippen LogP contribution in [0, 0.1) is 11.6 Å². The molecule has 0 aromatic heterocycles. The molecule has 5 nitrogen and oxygen atoms in total. The Balaban J connectivity index is 1.32. The van der Waals surface area contributed by atoms with Gasteiger partial charge in [-0.15, -0.1) is 0 Å². The fraction of sp³-hybridized carbons (Fsp3) is 0.120. The molecule has 1 saturated heterocycles. The lowest BCUT2D eigenvalue weighted by atomic mass is 10.0. The molecule has 3 aromatic carbocycles. The molecule has 2 aliphatic rings. The second-order valence-corrected chi connectivity index (χ2v) is 8.47. The maximum atomic E-state index is 14.0. The quantitative estimate of drug-likeness (QED) is 0.419. The third-order valence-corrected chi connectivity index (χ3v) is 6.00. The molecule has 2 aliphatic heterocycles. The minimum atomic E-state index is -0.785. The Labute approximate surface area is 203 Å². The maximum Gasteiger partial charge on any atom is 0.293 e. The summed E-state index contributed by atoms with van der Waals surface area (Å²) in [5.74, 6) is -2.00.